The number of aromatic amines is 1. The topological polar surface area (TPSA) is 314 Å². The van der Waals surface area contributed by atoms with Crippen LogP contribution in [-0.2, 0) is 59.2 Å². The Labute approximate surface area is 582 Å². The highest BCUT2D eigenvalue weighted by molar-refractivity contribution is 5.99. The number of aliphatic hydroxyl groups is 1. The Balaban J connectivity index is 1.90. The molecule has 0 saturated carbocycles. The molecule has 1 aromatic heterocycles. The van der Waals surface area contributed by atoms with Crippen LogP contribution < -0.4 is 26.2 Å². The average molecular weight is 1380 g/mol. The lowest BCUT2D eigenvalue weighted by atomic mass is 9.91. The van der Waals surface area contributed by atoms with Gasteiger partial charge in [-0.05, 0) is 113 Å². The van der Waals surface area contributed by atoms with Gasteiger partial charge in [-0.15, -0.1) is 0 Å². The first kappa shape index (κ1) is 83.0. The van der Waals surface area contributed by atoms with Gasteiger partial charge in [-0.25, -0.2) is 4.98 Å². The molecule has 2 aliphatic heterocycles. The van der Waals surface area contributed by atoms with Crippen molar-refractivity contribution in [2.24, 2.45) is 41.4 Å². The molecule has 1 aromatic carbocycles. The standard InChI is InChI=1S/C71H121N15O12/c1-25-49-67(94)79(18)38-57(87)80(19)52(32-39(2)3)64(91)77-58(43(10)11)70(97)81(20)53(33-40(4)5)63(90)72-46(15)62(89)73-47(16)66(93)82(21)54(34-41(6)7)68(95)83(22)55(35-42(8)9)69(96)84(23)59(44(12)13)71(98)85(24)60(65(92)76-49)61(88)45(14)36-56-74-50-27-26-48(37-51(50)75-56)86-30-28-78(17)29-31-86/h26-27,37,39-47,49,52-55,58-61,88H,25,28-36,38H2,1-24H3,(H,72,90)(H,73,89)(H,74,75)(H,76,92)(H,77,91)/t45-,46+,47-,49+,52+,53+,54+,55+,58+,59+,60+,61-/m1/s1. The highest BCUT2D eigenvalue weighted by Gasteiger charge is 2.46. The number of anilines is 1. The Hall–Kier alpha value is -7.42. The largest absolute Gasteiger partial charge is 0.390 e. The van der Waals surface area contributed by atoms with Crippen LogP contribution in [0.4, 0.5) is 5.69 Å². The molecule has 0 radical (unpaired) electrons. The summed E-state index contributed by atoms with van der Waals surface area (Å²) in [4.78, 5) is 184. The minimum atomic E-state index is -1.71. The van der Waals surface area contributed by atoms with Gasteiger partial charge in [-0.3, -0.25) is 52.7 Å². The van der Waals surface area contributed by atoms with E-state index in [2.05, 4.69) is 43.1 Å². The number of piperazine rings is 1. The predicted octanol–water partition coefficient (Wildman–Crippen LogP) is 3.17. The number of fused-ring (bicyclic) bond motifs is 1. The van der Waals surface area contributed by atoms with Gasteiger partial charge in [-0.1, -0.05) is 96.9 Å². The van der Waals surface area contributed by atoms with Gasteiger partial charge in [0.05, 0.1) is 23.7 Å². The third-order valence-corrected chi connectivity index (χ3v) is 19.2. The van der Waals surface area contributed by atoms with Crippen LogP contribution in [0.25, 0.3) is 11.0 Å². The van der Waals surface area contributed by atoms with Crippen molar-refractivity contribution in [3.8, 4) is 0 Å². The Morgan fingerprint density at radius 3 is 1.47 bits per heavy atom. The third-order valence-electron chi connectivity index (χ3n) is 19.2. The minimum Gasteiger partial charge on any atom is -0.390 e. The van der Waals surface area contributed by atoms with E-state index in [1.807, 2.05) is 73.6 Å². The molecule has 6 N–H and O–H groups in total. The maximum Gasteiger partial charge on any atom is 0.246 e. The molecule has 2 aliphatic rings. The molecular weight excluding hydrogens is 1250 g/mol. The van der Waals surface area contributed by atoms with Crippen molar-refractivity contribution in [2.75, 3.05) is 94.0 Å². The van der Waals surface area contributed by atoms with Crippen LogP contribution in [0.2, 0.25) is 0 Å². The second-order valence-corrected chi connectivity index (χ2v) is 30.2. The summed E-state index contributed by atoms with van der Waals surface area (Å²) in [6.45, 7) is 31.1. The van der Waals surface area contributed by atoms with Crippen LogP contribution in [0.1, 0.15) is 149 Å². The number of aliphatic hydroxyl groups excluding tert-OH is 1. The molecule has 552 valence electrons. The fourth-order valence-electron chi connectivity index (χ4n) is 13.0. The van der Waals surface area contributed by atoms with Crippen molar-refractivity contribution in [2.45, 2.75) is 216 Å². The van der Waals surface area contributed by atoms with Crippen LogP contribution >= 0.6 is 0 Å². The second kappa shape index (κ2) is 36.6. The zero-order valence-electron chi connectivity index (χ0n) is 63.3. The van der Waals surface area contributed by atoms with Crippen molar-refractivity contribution in [1.82, 2.24) is 70.4 Å². The van der Waals surface area contributed by atoms with Crippen molar-refractivity contribution < 1.29 is 57.8 Å². The molecule has 98 heavy (non-hydrogen) atoms. The van der Waals surface area contributed by atoms with Crippen molar-refractivity contribution in [3.05, 3.63) is 24.0 Å². The molecule has 2 saturated heterocycles. The van der Waals surface area contributed by atoms with Gasteiger partial charge in [-0.2, -0.15) is 0 Å². The lowest BCUT2D eigenvalue weighted by molar-refractivity contribution is -0.157. The number of hydrogen-bond acceptors (Lipinski definition) is 15. The number of hydrogen-bond donors (Lipinski definition) is 6. The van der Waals surface area contributed by atoms with Crippen LogP contribution in [0.3, 0.4) is 0 Å². The highest BCUT2D eigenvalue weighted by Crippen LogP contribution is 2.28. The van der Waals surface area contributed by atoms with E-state index in [1.165, 1.54) is 87.7 Å². The zero-order valence-corrected chi connectivity index (χ0v) is 63.3. The maximum absolute atomic E-state index is 15.6. The van der Waals surface area contributed by atoms with E-state index >= 15 is 19.2 Å². The van der Waals surface area contributed by atoms with E-state index in [1.54, 1.807) is 41.5 Å². The first-order valence-electron chi connectivity index (χ1n) is 35.2. The number of rotatable bonds is 16. The number of benzene rings is 1. The van der Waals surface area contributed by atoms with Gasteiger partial charge in [0.1, 0.15) is 66.2 Å². The summed E-state index contributed by atoms with van der Waals surface area (Å²) >= 11 is 0. The number of H-pyrrole nitrogens is 1. The molecule has 0 aliphatic carbocycles. The summed E-state index contributed by atoms with van der Waals surface area (Å²) in [7, 11) is 12.0. The molecule has 2 fully saturated rings. The van der Waals surface area contributed by atoms with Gasteiger partial charge in [0.25, 0.3) is 0 Å². The molecule has 0 spiro atoms. The van der Waals surface area contributed by atoms with E-state index in [9.17, 15) is 38.7 Å². The minimum absolute atomic E-state index is 0.00835. The van der Waals surface area contributed by atoms with Gasteiger partial charge in [0.15, 0.2) is 0 Å². The SMILES string of the molecule is CC[C@@H]1NC(=O)[C@H]([C@H](O)[C@H](C)Cc2nc3cc(N4CCN(C)CC4)ccc3[nH]2)N(C)C(=O)[C@H](C(C)C)N(C)C(=O)[C@H](CC(C)C)N(C)C(=O)[C@H](CC(C)C)N(C)C(=O)[C@@H](C)NC(=O)[C@H](C)NC(=O)[C@H](CC(C)C)N(C)C(=O)[C@H](C(C)C)NC(=O)[C@H](CC(C)C)N(C)C(=O)CN(C)C1=O. The van der Waals surface area contributed by atoms with Gasteiger partial charge < -0.3 is 75.5 Å². The smallest absolute Gasteiger partial charge is 0.246 e. The summed E-state index contributed by atoms with van der Waals surface area (Å²) in [6, 6.07) is -6.67. The van der Waals surface area contributed by atoms with E-state index in [0.717, 1.165) is 47.2 Å². The number of nitrogens with one attached hydrogen (secondary N) is 5. The Bertz CT molecular complexity index is 3090. The second-order valence-electron chi connectivity index (χ2n) is 30.2. The van der Waals surface area contributed by atoms with Gasteiger partial charge >= 0.3 is 0 Å². The van der Waals surface area contributed by atoms with E-state index in [-0.39, 0.29) is 62.2 Å². The lowest BCUT2D eigenvalue weighted by Gasteiger charge is -2.41. The van der Waals surface area contributed by atoms with Crippen molar-refractivity contribution >= 4 is 81.7 Å². The summed E-state index contributed by atoms with van der Waals surface area (Å²) in [5.74, 6) is -9.67. The average Bonchev–Trinajstić information content (AvgIpc) is 1.61. The zero-order chi connectivity index (χ0) is 74.4. The molecular formula is C71H121N15O12. The van der Waals surface area contributed by atoms with Crippen LogP contribution in [0.15, 0.2) is 18.2 Å². The molecule has 27 nitrogen and oxygen atoms in total. The first-order chi connectivity index (χ1) is 45.6. The molecule has 2 aromatic rings. The monoisotopic (exact) mass is 1380 g/mol. The Kier molecular flexibility index (Phi) is 31.0. The molecule has 3 heterocycles. The number of nitrogens with zero attached hydrogens (tertiary/aromatic N) is 10. The number of amides is 11. The molecule has 11 amide bonds. The van der Waals surface area contributed by atoms with Gasteiger partial charge in [0.2, 0.25) is 65.0 Å². The van der Waals surface area contributed by atoms with E-state index < -0.39 is 156 Å². The fraction of sp³-hybridized carbons (Fsp3) is 0.746. The molecule has 12 atom stereocenters. The predicted molar refractivity (Wildman–Crippen MR) is 379 cm³/mol. The number of imidazole rings is 1. The summed E-state index contributed by atoms with van der Waals surface area (Å²) in [5, 5.41) is 23.8. The van der Waals surface area contributed by atoms with Crippen LogP contribution in [0.5, 0.6) is 0 Å². The van der Waals surface area contributed by atoms with Crippen molar-refractivity contribution in [1.29, 1.82) is 0 Å². The third kappa shape index (κ3) is 21.5. The number of aromatic nitrogens is 2. The number of likely N-dealkylation sites (N-methyl/N-ethyl adjacent to an activating group) is 8. The summed E-state index contributed by atoms with van der Waals surface area (Å²) in [5.41, 5.74) is 2.47. The summed E-state index contributed by atoms with van der Waals surface area (Å²) < 4.78 is 0. The fourth-order valence-corrected chi connectivity index (χ4v) is 13.0. The normalized spacial score (nSPS) is 26.1. The Morgan fingerprint density at radius 1 is 0.490 bits per heavy atom. The first-order valence-corrected chi connectivity index (χ1v) is 35.2. The Morgan fingerprint density at radius 2 is 0.959 bits per heavy atom. The van der Waals surface area contributed by atoms with Gasteiger partial charge in [0, 0.05) is 87.6 Å². The van der Waals surface area contributed by atoms with Crippen LogP contribution in [-0.4, -0.2) is 275 Å². The summed E-state index contributed by atoms with van der Waals surface area (Å²) in [6.07, 6.45) is -0.973. The quantitative estimate of drug-likeness (QED) is 0.141. The molecule has 27 heteroatoms. The molecule has 0 bridgehead atoms. The lowest BCUT2D eigenvalue weighted by Crippen LogP contribution is -2.63. The van der Waals surface area contributed by atoms with Crippen molar-refractivity contribution in [3.63, 3.8) is 0 Å². The van der Waals surface area contributed by atoms with Crippen LogP contribution in [0, 0.1) is 41.4 Å². The highest BCUT2D eigenvalue weighted by atomic mass is 16.3. The number of carbonyl (C=O) groups excluding carboxylic acids is 11. The van der Waals surface area contributed by atoms with E-state index in [0.29, 0.717) is 11.3 Å². The maximum atomic E-state index is 15.6. The molecule has 0 unspecified atom stereocenters. The number of carbonyl (C=O) groups is 11. The molecule has 4 rings (SSSR count). The van der Waals surface area contributed by atoms with E-state index in [4.69, 9.17) is 4.98 Å².